The van der Waals surface area contributed by atoms with Crippen LogP contribution in [0.5, 0.6) is 0 Å². The number of pyridine rings is 2. The van der Waals surface area contributed by atoms with E-state index in [-0.39, 0.29) is 22.4 Å². The second-order valence-electron chi connectivity index (χ2n) is 7.66. The molecule has 0 aliphatic rings. The van der Waals surface area contributed by atoms with Gasteiger partial charge in [-0.2, -0.15) is 5.10 Å². The van der Waals surface area contributed by atoms with Gasteiger partial charge in [-0.1, -0.05) is 34.3 Å². The summed E-state index contributed by atoms with van der Waals surface area (Å²) in [6, 6.07) is 4.56. The van der Waals surface area contributed by atoms with E-state index in [4.69, 9.17) is 0 Å². The van der Waals surface area contributed by atoms with Crippen LogP contribution in [0.3, 0.4) is 0 Å². The number of hydrogen-bond acceptors (Lipinski definition) is 4. The summed E-state index contributed by atoms with van der Waals surface area (Å²) in [5.74, 6) is -0.388. The fourth-order valence-corrected chi connectivity index (χ4v) is 2.65. The first-order valence-electron chi connectivity index (χ1n) is 9.05. The van der Waals surface area contributed by atoms with Gasteiger partial charge in [-0.25, -0.2) is 4.39 Å². The number of aryl methyl sites for hydroxylation is 1. The Hall–Kier alpha value is -2.76. The van der Waals surface area contributed by atoms with Gasteiger partial charge >= 0.3 is 0 Å². The van der Waals surface area contributed by atoms with Crippen LogP contribution >= 0.6 is 0 Å². The predicted octanol–water partition coefficient (Wildman–Crippen LogP) is 4.38. The van der Waals surface area contributed by atoms with E-state index in [1.807, 2.05) is 6.92 Å². The number of anilines is 1. The van der Waals surface area contributed by atoms with Crippen LogP contribution in [0.1, 0.15) is 45.4 Å². The van der Waals surface area contributed by atoms with Gasteiger partial charge in [0, 0.05) is 30.7 Å². The minimum Gasteiger partial charge on any atom is -0.313 e. The summed E-state index contributed by atoms with van der Waals surface area (Å²) < 4.78 is 16.2. The van der Waals surface area contributed by atoms with Crippen molar-refractivity contribution in [1.82, 2.24) is 9.55 Å². The molecule has 0 fully saturated rings. The molecule has 27 heavy (non-hydrogen) atoms. The fraction of sp³-hybridized carbons (Fsp3) is 0.381. The average molecular weight is 370 g/mol. The largest absolute Gasteiger partial charge is 0.313 e. The number of nitrogens with zero attached hydrogens (tertiary/aromatic N) is 3. The maximum atomic E-state index is 14.6. The highest BCUT2D eigenvalue weighted by molar-refractivity contribution is 6.08. The van der Waals surface area contributed by atoms with Gasteiger partial charge in [0.15, 0.2) is 0 Å². The van der Waals surface area contributed by atoms with Crippen molar-refractivity contribution in [2.45, 2.75) is 47.1 Å². The lowest BCUT2D eigenvalue weighted by Gasteiger charge is -2.17. The molecule has 2 aromatic rings. The van der Waals surface area contributed by atoms with Crippen LogP contribution in [-0.4, -0.2) is 15.3 Å². The zero-order valence-electron chi connectivity index (χ0n) is 16.4. The first-order valence-corrected chi connectivity index (χ1v) is 9.05. The molecule has 1 N–H and O–H groups in total. The summed E-state index contributed by atoms with van der Waals surface area (Å²) in [5, 5.41) is 4.23. The molecule has 0 bridgehead atoms. The quantitative estimate of drug-likeness (QED) is 0.581. The van der Waals surface area contributed by atoms with Gasteiger partial charge in [0.25, 0.3) is 5.56 Å². The number of halogens is 1. The maximum absolute atomic E-state index is 14.6. The lowest BCUT2D eigenvalue weighted by Crippen LogP contribution is -2.18. The Morgan fingerprint density at radius 3 is 2.74 bits per heavy atom. The van der Waals surface area contributed by atoms with Gasteiger partial charge in [-0.15, -0.1) is 0 Å². The molecular formula is C21H27FN4O. The van der Waals surface area contributed by atoms with Crippen molar-refractivity contribution in [2.24, 2.45) is 10.5 Å². The molecule has 0 aromatic carbocycles. The molecule has 5 nitrogen and oxygen atoms in total. The Morgan fingerprint density at radius 1 is 1.41 bits per heavy atom. The summed E-state index contributed by atoms with van der Waals surface area (Å²) in [5.41, 5.74) is 4.78. The molecule has 6 heteroatoms. The molecular weight excluding hydrogens is 343 g/mol. The van der Waals surface area contributed by atoms with Crippen molar-refractivity contribution < 1.29 is 4.39 Å². The number of hydrazone groups is 1. The number of aromatic nitrogens is 2. The number of rotatable bonds is 7. The van der Waals surface area contributed by atoms with Gasteiger partial charge in [0.2, 0.25) is 0 Å². The summed E-state index contributed by atoms with van der Waals surface area (Å²) in [4.78, 5) is 16.1. The van der Waals surface area contributed by atoms with Crippen LogP contribution in [0, 0.1) is 11.2 Å². The first-order chi connectivity index (χ1) is 12.7. The van der Waals surface area contributed by atoms with E-state index in [0.717, 1.165) is 6.42 Å². The van der Waals surface area contributed by atoms with Gasteiger partial charge in [0.05, 0.1) is 17.0 Å². The third-order valence-corrected chi connectivity index (χ3v) is 3.84. The van der Waals surface area contributed by atoms with Crippen molar-refractivity contribution in [3.05, 3.63) is 70.7 Å². The molecule has 0 unspecified atom stereocenters. The summed E-state index contributed by atoms with van der Waals surface area (Å²) >= 11 is 0. The Labute approximate surface area is 159 Å². The zero-order chi connectivity index (χ0) is 20.0. The normalized spacial score (nSPS) is 12.1. The summed E-state index contributed by atoms with van der Waals surface area (Å²) in [6.45, 7) is 12.6. The standard InChI is InChI=1S/C21H27FN4O/c1-6-10-26-14-15(8-9-20(26)27)24-25-19(7-2)17-13-23-16(11-18(17)22)12-21(3,4)5/h7-9,11,13-14,24H,2,6,10,12H2,1,3-5H3/b25-19+. The van der Waals surface area contributed by atoms with Gasteiger partial charge in [-0.05, 0) is 36.5 Å². The maximum Gasteiger partial charge on any atom is 0.250 e. The Kier molecular flexibility index (Phi) is 6.66. The fourth-order valence-electron chi connectivity index (χ4n) is 2.65. The molecule has 0 saturated heterocycles. The SMILES string of the molecule is C=C/C(=N\Nc1ccc(=O)n(CCC)c1)c1cnc(CC(C)(C)C)cc1F. The second kappa shape index (κ2) is 8.75. The van der Waals surface area contributed by atoms with Crippen LogP contribution in [0.2, 0.25) is 0 Å². The molecule has 0 radical (unpaired) electrons. The van der Waals surface area contributed by atoms with E-state index in [1.165, 1.54) is 24.4 Å². The smallest absolute Gasteiger partial charge is 0.250 e. The molecule has 144 valence electrons. The molecule has 2 rings (SSSR count). The molecule has 2 heterocycles. The predicted molar refractivity (Wildman–Crippen MR) is 109 cm³/mol. The van der Waals surface area contributed by atoms with Crippen LogP contribution in [0.15, 0.2) is 53.1 Å². The monoisotopic (exact) mass is 370 g/mol. The zero-order valence-corrected chi connectivity index (χ0v) is 16.4. The number of allylic oxidation sites excluding steroid dienone is 1. The Balaban J connectivity index is 2.25. The van der Waals surface area contributed by atoms with Gasteiger partial charge in [-0.3, -0.25) is 15.2 Å². The van der Waals surface area contributed by atoms with Crippen LogP contribution < -0.4 is 11.0 Å². The van der Waals surface area contributed by atoms with Crippen molar-refractivity contribution in [3.8, 4) is 0 Å². The minimum absolute atomic E-state index is 0.0272. The molecule has 0 aliphatic heterocycles. The number of hydrogen-bond donors (Lipinski definition) is 1. The number of nitrogens with one attached hydrogen (secondary N) is 1. The van der Waals surface area contributed by atoms with Crippen molar-refractivity contribution in [1.29, 1.82) is 0 Å². The first kappa shape index (κ1) is 20.6. The van der Waals surface area contributed by atoms with E-state index in [1.54, 1.807) is 16.8 Å². The highest BCUT2D eigenvalue weighted by atomic mass is 19.1. The van der Waals surface area contributed by atoms with E-state index in [0.29, 0.717) is 30.1 Å². The van der Waals surface area contributed by atoms with Crippen LogP contribution in [0.4, 0.5) is 10.1 Å². The molecule has 0 saturated carbocycles. The topological polar surface area (TPSA) is 59.3 Å². The van der Waals surface area contributed by atoms with Crippen molar-refractivity contribution in [3.63, 3.8) is 0 Å². The van der Waals surface area contributed by atoms with E-state index in [2.05, 4.69) is 42.9 Å². The molecule has 0 amide bonds. The minimum atomic E-state index is -0.388. The lowest BCUT2D eigenvalue weighted by atomic mass is 9.90. The van der Waals surface area contributed by atoms with Gasteiger partial charge in [0.1, 0.15) is 5.82 Å². The Morgan fingerprint density at radius 2 is 2.15 bits per heavy atom. The molecule has 2 aromatic heterocycles. The van der Waals surface area contributed by atoms with Gasteiger partial charge < -0.3 is 4.57 Å². The lowest BCUT2D eigenvalue weighted by molar-refractivity contribution is 0.405. The molecule has 0 aliphatic carbocycles. The van der Waals surface area contributed by atoms with Crippen molar-refractivity contribution >= 4 is 11.4 Å². The summed E-state index contributed by atoms with van der Waals surface area (Å²) in [6.07, 6.45) is 6.18. The summed E-state index contributed by atoms with van der Waals surface area (Å²) in [7, 11) is 0. The van der Waals surface area contributed by atoms with Crippen LogP contribution in [0.25, 0.3) is 0 Å². The highest BCUT2D eigenvalue weighted by Gasteiger charge is 2.15. The average Bonchev–Trinajstić information content (AvgIpc) is 2.58. The van der Waals surface area contributed by atoms with E-state index in [9.17, 15) is 9.18 Å². The Bertz CT molecular complexity index is 894. The highest BCUT2D eigenvalue weighted by Crippen LogP contribution is 2.20. The van der Waals surface area contributed by atoms with Crippen molar-refractivity contribution in [2.75, 3.05) is 5.43 Å². The van der Waals surface area contributed by atoms with E-state index < -0.39 is 0 Å². The third kappa shape index (κ3) is 5.88. The molecule has 0 atom stereocenters. The van der Waals surface area contributed by atoms with E-state index >= 15 is 0 Å². The molecule has 0 spiro atoms. The van der Waals surface area contributed by atoms with Crippen LogP contribution in [-0.2, 0) is 13.0 Å². The third-order valence-electron chi connectivity index (χ3n) is 3.84. The second-order valence-corrected chi connectivity index (χ2v) is 7.66.